The Morgan fingerprint density at radius 3 is 2.93 bits per heavy atom. The Labute approximate surface area is 89.2 Å². The predicted octanol–water partition coefficient (Wildman–Crippen LogP) is 2.18. The fraction of sp³-hybridized carbons (Fsp3) is 0.308. The summed E-state index contributed by atoms with van der Waals surface area (Å²) < 4.78 is 0. The van der Waals surface area contributed by atoms with Gasteiger partial charge < -0.3 is 4.90 Å². The van der Waals surface area contributed by atoms with Crippen molar-refractivity contribution in [2.24, 2.45) is 0 Å². The Morgan fingerprint density at radius 1 is 1.27 bits per heavy atom. The summed E-state index contributed by atoms with van der Waals surface area (Å²) in [5, 5.41) is 0. The third-order valence-corrected chi connectivity index (χ3v) is 3.47. The number of rotatable bonds is 0. The van der Waals surface area contributed by atoms with E-state index >= 15 is 0 Å². The zero-order valence-electron chi connectivity index (χ0n) is 8.68. The number of hydrogen-bond donors (Lipinski definition) is 0. The molecule has 2 bridgehead atoms. The standard InChI is InChI=1S/C13H13NO/c1-14-10-7-6-9(8-10)11-4-2-3-5-12(11)13(14)15/h2-7,9-10H,8H2,1H3/t9-,10+/m1/s1. The molecule has 2 atom stereocenters. The van der Waals surface area contributed by atoms with Gasteiger partial charge in [0.15, 0.2) is 0 Å². The molecule has 2 aliphatic rings. The number of hydrogen-bond acceptors (Lipinski definition) is 1. The van der Waals surface area contributed by atoms with Gasteiger partial charge in [-0.3, -0.25) is 4.79 Å². The van der Waals surface area contributed by atoms with E-state index in [0.717, 1.165) is 12.0 Å². The highest BCUT2D eigenvalue weighted by Gasteiger charge is 2.33. The molecule has 0 spiro atoms. The topological polar surface area (TPSA) is 20.3 Å². The van der Waals surface area contributed by atoms with Gasteiger partial charge in [0.25, 0.3) is 5.91 Å². The average Bonchev–Trinajstić information content (AvgIpc) is 2.72. The first-order valence-electron chi connectivity index (χ1n) is 5.32. The lowest BCUT2D eigenvalue weighted by molar-refractivity contribution is 0.0766. The molecule has 0 fully saturated rings. The fourth-order valence-corrected chi connectivity index (χ4v) is 2.55. The molecule has 1 aromatic carbocycles. The maximum absolute atomic E-state index is 12.1. The fourth-order valence-electron chi connectivity index (χ4n) is 2.55. The number of carbonyl (C=O) groups excluding carboxylic acids is 1. The Morgan fingerprint density at radius 2 is 2.07 bits per heavy atom. The van der Waals surface area contributed by atoms with Crippen molar-refractivity contribution in [2.45, 2.75) is 18.4 Å². The second kappa shape index (κ2) is 2.96. The summed E-state index contributed by atoms with van der Waals surface area (Å²) in [7, 11) is 1.89. The molecule has 3 rings (SSSR count). The predicted molar refractivity (Wildman–Crippen MR) is 58.8 cm³/mol. The first-order valence-corrected chi connectivity index (χ1v) is 5.32. The van der Waals surface area contributed by atoms with Crippen LogP contribution < -0.4 is 0 Å². The first kappa shape index (κ1) is 8.72. The van der Waals surface area contributed by atoms with Crippen LogP contribution in [0.15, 0.2) is 36.4 Å². The monoisotopic (exact) mass is 199 g/mol. The van der Waals surface area contributed by atoms with E-state index in [1.165, 1.54) is 5.56 Å². The summed E-state index contributed by atoms with van der Waals surface area (Å²) in [6, 6.07) is 8.24. The maximum atomic E-state index is 12.1. The first-order chi connectivity index (χ1) is 7.27. The van der Waals surface area contributed by atoms with Crippen molar-refractivity contribution in [3.63, 3.8) is 0 Å². The van der Waals surface area contributed by atoms with E-state index in [-0.39, 0.29) is 11.9 Å². The minimum atomic E-state index is 0.155. The molecule has 0 saturated carbocycles. The highest BCUT2D eigenvalue weighted by atomic mass is 16.2. The van der Waals surface area contributed by atoms with Crippen LogP contribution in [0.3, 0.4) is 0 Å². The van der Waals surface area contributed by atoms with Gasteiger partial charge >= 0.3 is 0 Å². The number of fused-ring (bicyclic) bond motifs is 4. The summed E-state index contributed by atoms with van der Waals surface area (Å²) in [6.45, 7) is 0. The third-order valence-electron chi connectivity index (χ3n) is 3.47. The largest absolute Gasteiger partial charge is 0.335 e. The highest BCUT2D eigenvalue weighted by Crippen LogP contribution is 2.36. The smallest absolute Gasteiger partial charge is 0.254 e. The van der Waals surface area contributed by atoms with Gasteiger partial charge in [-0.2, -0.15) is 0 Å². The van der Waals surface area contributed by atoms with E-state index in [4.69, 9.17) is 0 Å². The number of amides is 1. The van der Waals surface area contributed by atoms with Crippen LogP contribution in [0.1, 0.15) is 28.3 Å². The normalized spacial score (nSPS) is 27.8. The van der Waals surface area contributed by atoms with Gasteiger partial charge in [-0.05, 0) is 18.1 Å². The van der Waals surface area contributed by atoms with Gasteiger partial charge in [-0.25, -0.2) is 0 Å². The third kappa shape index (κ3) is 1.14. The molecule has 2 heteroatoms. The summed E-state index contributed by atoms with van der Waals surface area (Å²) in [5.74, 6) is 0.586. The summed E-state index contributed by atoms with van der Waals surface area (Å²) in [4.78, 5) is 14.0. The highest BCUT2D eigenvalue weighted by molar-refractivity contribution is 5.96. The average molecular weight is 199 g/mol. The molecule has 76 valence electrons. The molecule has 0 unspecified atom stereocenters. The number of nitrogens with zero attached hydrogens (tertiary/aromatic N) is 1. The summed E-state index contributed by atoms with van der Waals surface area (Å²) >= 11 is 0. The van der Waals surface area contributed by atoms with Crippen LogP contribution in [0.2, 0.25) is 0 Å². The molecular formula is C13H13NO. The van der Waals surface area contributed by atoms with Crippen LogP contribution in [0.4, 0.5) is 0 Å². The number of benzene rings is 1. The van der Waals surface area contributed by atoms with Crippen molar-refractivity contribution >= 4 is 5.91 Å². The van der Waals surface area contributed by atoms with Gasteiger partial charge in [0.05, 0.1) is 6.04 Å². The van der Waals surface area contributed by atoms with Gasteiger partial charge in [0, 0.05) is 18.5 Å². The molecule has 1 aliphatic carbocycles. The minimum Gasteiger partial charge on any atom is -0.335 e. The van der Waals surface area contributed by atoms with E-state index < -0.39 is 0 Å². The van der Waals surface area contributed by atoms with Crippen molar-refractivity contribution in [3.05, 3.63) is 47.5 Å². The number of likely N-dealkylation sites (N-methyl/N-ethyl adjacent to an activating group) is 1. The molecule has 0 aromatic heterocycles. The van der Waals surface area contributed by atoms with E-state index in [0.29, 0.717) is 5.92 Å². The second-order valence-corrected chi connectivity index (χ2v) is 4.30. The van der Waals surface area contributed by atoms with Gasteiger partial charge in [0.1, 0.15) is 0 Å². The van der Waals surface area contributed by atoms with Crippen LogP contribution >= 0.6 is 0 Å². The van der Waals surface area contributed by atoms with Crippen molar-refractivity contribution in [1.82, 2.24) is 4.90 Å². The zero-order chi connectivity index (χ0) is 10.4. The Balaban J connectivity index is 2.21. The van der Waals surface area contributed by atoms with Crippen LogP contribution in [-0.2, 0) is 0 Å². The van der Waals surface area contributed by atoms with E-state index in [9.17, 15) is 4.79 Å². The van der Waals surface area contributed by atoms with Gasteiger partial charge in [-0.1, -0.05) is 30.4 Å². The molecule has 1 aliphatic heterocycles. The lowest BCUT2D eigenvalue weighted by Gasteiger charge is -2.21. The van der Waals surface area contributed by atoms with Crippen LogP contribution in [-0.4, -0.2) is 23.9 Å². The molecular weight excluding hydrogens is 186 g/mol. The molecule has 1 heterocycles. The van der Waals surface area contributed by atoms with Crippen molar-refractivity contribution in [2.75, 3.05) is 7.05 Å². The van der Waals surface area contributed by atoms with E-state index in [1.807, 2.05) is 30.1 Å². The molecule has 0 radical (unpaired) electrons. The molecule has 1 aromatic rings. The Hall–Kier alpha value is -1.57. The quantitative estimate of drug-likeness (QED) is 0.586. The van der Waals surface area contributed by atoms with Crippen LogP contribution in [0.25, 0.3) is 0 Å². The second-order valence-electron chi connectivity index (χ2n) is 4.30. The van der Waals surface area contributed by atoms with E-state index in [2.05, 4.69) is 18.2 Å². The lowest BCUT2D eigenvalue weighted by atomic mass is 9.94. The molecule has 15 heavy (non-hydrogen) atoms. The minimum absolute atomic E-state index is 0.155. The van der Waals surface area contributed by atoms with Crippen molar-refractivity contribution < 1.29 is 4.79 Å². The Bertz CT molecular complexity index is 450. The van der Waals surface area contributed by atoms with Crippen LogP contribution in [0, 0.1) is 0 Å². The van der Waals surface area contributed by atoms with Crippen molar-refractivity contribution in [1.29, 1.82) is 0 Å². The van der Waals surface area contributed by atoms with Gasteiger partial charge in [-0.15, -0.1) is 0 Å². The molecule has 0 saturated heterocycles. The zero-order valence-corrected chi connectivity index (χ0v) is 8.68. The Kier molecular flexibility index (Phi) is 1.72. The van der Waals surface area contributed by atoms with E-state index in [1.54, 1.807) is 0 Å². The SMILES string of the molecule is CN1C(=O)c2ccccc2[C@@H]2C=C[C@H]1C2. The lowest BCUT2D eigenvalue weighted by Crippen LogP contribution is -2.33. The number of carbonyl (C=O) groups is 1. The molecule has 2 nitrogen and oxygen atoms in total. The molecule has 1 amide bonds. The van der Waals surface area contributed by atoms with Crippen LogP contribution in [0.5, 0.6) is 0 Å². The maximum Gasteiger partial charge on any atom is 0.254 e. The van der Waals surface area contributed by atoms with Crippen molar-refractivity contribution in [3.8, 4) is 0 Å². The summed E-state index contributed by atoms with van der Waals surface area (Å²) in [6.07, 6.45) is 5.42. The molecule has 0 N–H and O–H groups in total. The van der Waals surface area contributed by atoms with Gasteiger partial charge in [0.2, 0.25) is 0 Å². The number of allylic oxidation sites excluding steroid dienone is 1. The summed E-state index contributed by atoms with van der Waals surface area (Å²) in [5.41, 5.74) is 2.06.